The zero-order valence-electron chi connectivity index (χ0n) is 5.84. The van der Waals surface area contributed by atoms with E-state index in [9.17, 15) is 0 Å². The Morgan fingerprint density at radius 3 is 2.80 bits per heavy atom. The number of nitrogens with zero attached hydrogens (tertiary/aromatic N) is 2. The van der Waals surface area contributed by atoms with Crippen molar-refractivity contribution in [3.63, 3.8) is 0 Å². The molecular weight excluding hydrogens is 152 g/mol. The number of hydrogen-bond donors (Lipinski definition) is 0. The van der Waals surface area contributed by atoms with Crippen molar-refractivity contribution in [3.8, 4) is 0 Å². The summed E-state index contributed by atoms with van der Waals surface area (Å²) in [4.78, 5) is 0. The minimum atomic E-state index is -0.351. The molecule has 1 rings (SSSR count). The third kappa shape index (κ3) is 1.92. The highest BCUT2D eigenvalue weighted by Gasteiger charge is 2.08. The Labute approximate surface area is 64.7 Å². The Morgan fingerprint density at radius 1 is 1.70 bits per heavy atom. The highest BCUT2D eigenvalue weighted by Crippen LogP contribution is 2.08. The quantitative estimate of drug-likeness (QED) is 0.562. The second kappa shape index (κ2) is 2.92. The average molecular weight is 160 g/mol. The minimum absolute atomic E-state index is 0.351. The van der Waals surface area contributed by atoms with Crippen molar-refractivity contribution in [2.45, 2.75) is 19.4 Å². The van der Waals surface area contributed by atoms with Gasteiger partial charge in [-0.15, -0.1) is 5.43 Å². The third-order valence-electron chi connectivity index (χ3n) is 0.922. The third-order valence-corrected chi connectivity index (χ3v) is 1.01. The van der Waals surface area contributed by atoms with Gasteiger partial charge in [0.15, 0.2) is 5.56 Å². The van der Waals surface area contributed by atoms with Crippen molar-refractivity contribution in [2.24, 2.45) is 5.10 Å². The molecule has 0 spiro atoms. The molecule has 0 aromatic rings. The van der Waals surface area contributed by atoms with E-state index in [1.54, 1.807) is 13.0 Å². The van der Waals surface area contributed by atoms with Crippen molar-refractivity contribution >= 4 is 17.3 Å². The van der Waals surface area contributed by atoms with Crippen molar-refractivity contribution < 1.29 is 4.74 Å². The summed E-state index contributed by atoms with van der Waals surface area (Å²) < 4.78 is 5.03. The fourth-order valence-electron chi connectivity index (χ4n) is 0.589. The maximum absolute atomic E-state index is 5.53. The van der Waals surface area contributed by atoms with Crippen molar-refractivity contribution in [2.75, 3.05) is 0 Å². The number of ether oxygens (including phenoxy) is 1. The molecule has 1 atom stereocenters. The molecule has 1 aliphatic rings. The zero-order valence-corrected chi connectivity index (χ0v) is 6.59. The van der Waals surface area contributed by atoms with Gasteiger partial charge in [0.25, 0.3) is 0 Å². The van der Waals surface area contributed by atoms with E-state index in [-0.39, 0.29) is 5.56 Å². The Kier molecular flexibility index (Phi) is 2.17. The minimum Gasteiger partial charge on any atom is -0.457 e. The highest BCUT2D eigenvalue weighted by molar-refractivity contribution is 6.19. The summed E-state index contributed by atoms with van der Waals surface area (Å²) in [5.74, 6) is 0.486. The van der Waals surface area contributed by atoms with Gasteiger partial charge in [-0.05, 0) is 13.8 Å². The first-order chi connectivity index (χ1) is 4.68. The van der Waals surface area contributed by atoms with E-state index in [1.807, 2.05) is 6.92 Å². The van der Waals surface area contributed by atoms with Crippen molar-refractivity contribution in [1.82, 2.24) is 5.43 Å². The summed E-state index contributed by atoms with van der Waals surface area (Å²) >= 11 is 5.53. The summed E-state index contributed by atoms with van der Waals surface area (Å²) in [6.45, 7) is 3.57. The second-order valence-electron chi connectivity index (χ2n) is 1.98. The van der Waals surface area contributed by atoms with Crippen LogP contribution in [-0.4, -0.2) is 11.3 Å². The number of alkyl halides is 1. The lowest BCUT2D eigenvalue weighted by molar-refractivity contribution is 0.177. The fraction of sp³-hybridized carbons (Fsp3) is 0.500. The predicted octanol–water partition coefficient (Wildman–Crippen LogP) is 1.42. The van der Waals surface area contributed by atoms with Crippen LogP contribution in [0.1, 0.15) is 13.8 Å². The summed E-state index contributed by atoms with van der Waals surface area (Å²) in [5, 5.41) is 3.74. The second-order valence-corrected chi connectivity index (χ2v) is 2.60. The van der Waals surface area contributed by atoms with Crippen LogP contribution in [0, 0.1) is 0 Å². The Morgan fingerprint density at radius 2 is 2.40 bits per heavy atom. The first kappa shape index (κ1) is 7.41. The number of hydrogen-bond acceptors (Lipinski definition) is 2. The average Bonchev–Trinajstić information content (AvgIpc) is 2.13. The molecule has 1 heterocycles. The number of rotatable bonds is 2. The molecule has 1 aliphatic heterocycles. The van der Waals surface area contributed by atoms with Crippen LogP contribution in [0.15, 0.2) is 17.1 Å². The van der Waals surface area contributed by atoms with Gasteiger partial charge >= 0.3 is 0 Å². The highest BCUT2D eigenvalue weighted by atomic mass is 35.5. The van der Waals surface area contributed by atoms with Gasteiger partial charge in [0.05, 0.1) is 5.71 Å². The van der Waals surface area contributed by atoms with Gasteiger partial charge in [-0.3, -0.25) is 0 Å². The molecule has 1 radical (unpaired) electrons. The monoisotopic (exact) mass is 159 g/mol. The van der Waals surface area contributed by atoms with Crippen LogP contribution in [0.2, 0.25) is 0 Å². The van der Waals surface area contributed by atoms with Crippen LogP contribution < -0.4 is 5.43 Å². The van der Waals surface area contributed by atoms with Crippen LogP contribution >= 0.6 is 11.6 Å². The van der Waals surface area contributed by atoms with Crippen LogP contribution in [0.3, 0.4) is 0 Å². The SMILES string of the molecule is CC1=N[N]C(OC(C)Cl)=C1. The molecule has 55 valence electrons. The van der Waals surface area contributed by atoms with Gasteiger partial charge in [-0.2, -0.15) is 5.10 Å². The van der Waals surface area contributed by atoms with Crippen LogP contribution in [0.4, 0.5) is 0 Å². The van der Waals surface area contributed by atoms with E-state index in [4.69, 9.17) is 16.3 Å². The molecular formula is C6H8ClN2O. The molecule has 3 nitrogen and oxygen atoms in total. The molecule has 0 N–H and O–H groups in total. The van der Waals surface area contributed by atoms with E-state index < -0.39 is 0 Å². The van der Waals surface area contributed by atoms with E-state index in [0.29, 0.717) is 5.88 Å². The lowest BCUT2D eigenvalue weighted by atomic mass is 10.4. The molecule has 0 aromatic heterocycles. The van der Waals surface area contributed by atoms with Gasteiger partial charge < -0.3 is 4.74 Å². The summed E-state index contributed by atoms with van der Waals surface area (Å²) in [6.07, 6.45) is 1.74. The molecule has 0 bridgehead atoms. The van der Waals surface area contributed by atoms with Crippen LogP contribution in [-0.2, 0) is 4.74 Å². The zero-order chi connectivity index (χ0) is 7.56. The summed E-state index contributed by atoms with van der Waals surface area (Å²) in [6, 6.07) is 0. The molecule has 0 fully saturated rings. The first-order valence-corrected chi connectivity index (χ1v) is 3.40. The Balaban J connectivity index is 2.41. The molecule has 0 saturated carbocycles. The van der Waals surface area contributed by atoms with Gasteiger partial charge in [-0.1, -0.05) is 11.6 Å². The Hall–Kier alpha value is -0.700. The normalized spacial score (nSPS) is 19.1. The maximum Gasteiger partial charge on any atom is 0.236 e. The van der Waals surface area contributed by atoms with E-state index in [2.05, 4.69) is 10.5 Å². The van der Waals surface area contributed by atoms with E-state index in [0.717, 1.165) is 5.71 Å². The van der Waals surface area contributed by atoms with Crippen LogP contribution in [0.25, 0.3) is 0 Å². The molecule has 4 heteroatoms. The lowest BCUT2D eigenvalue weighted by Crippen LogP contribution is -2.03. The predicted molar refractivity (Wildman–Crippen MR) is 39.7 cm³/mol. The molecule has 0 saturated heterocycles. The van der Waals surface area contributed by atoms with Gasteiger partial charge in [0.1, 0.15) is 0 Å². The van der Waals surface area contributed by atoms with Crippen LogP contribution in [0.5, 0.6) is 0 Å². The van der Waals surface area contributed by atoms with Gasteiger partial charge in [0, 0.05) is 6.08 Å². The molecule has 0 amide bonds. The van der Waals surface area contributed by atoms with E-state index >= 15 is 0 Å². The topological polar surface area (TPSA) is 35.7 Å². The largest absolute Gasteiger partial charge is 0.457 e. The van der Waals surface area contributed by atoms with Gasteiger partial charge in [0.2, 0.25) is 5.88 Å². The lowest BCUT2D eigenvalue weighted by Gasteiger charge is -2.04. The Bertz CT molecular complexity index is 186. The van der Waals surface area contributed by atoms with Gasteiger partial charge in [-0.25, -0.2) is 0 Å². The first-order valence-electron chi connectivity index (χ1n) is 2.96. The molecule has 0 aliphatic carbocycles. The molecule has 0 aromatic carbocycles. The maximum atomic E-state index is 5.53. The van der Waals surface area contributed by atoms with Crippen molar-refractivity contribution in [3.05, 3.63) is 12.0 Å². The smallest absolute Gasteiger partial charge is 0.236 e. The number of allylic oxidation sites excluding steroid dienone is 1. The fourth-order valence-corrected chi connectivity index (χ4v) is 0.680. The summed E-state index contributed by atoms with van der Waals surface area (Å²) in [7, 11) is 0. The van der Waals surface area contributed by atoms with Crippen molar-refractivity contribution in [1.29, 1.82) is 0 Å². The number of halogens is 1. The summed E-state index contributed by atoms with van der Waals surface area (Å²) in [5.41, 5.74) is 4.19. The van der Waals surface area contributed by atoms with E-state index in [1.165, 1.54) is 0 Å². The standard InChI is InChI=1S/C6H8ClN2O/c1-4-3-6(9-8-4)10-5(2)7/h3,5H,1-2H3. The molecule has 10 heavy (non-hydrogen) atoms. The molecule has 1 unspecified atom stereocenters.